The zero-order valence-corrected chi connectivity index (χ0v) is 11.0. The van der Waals surface area contributed by atoms with E-state index in [1.54, 1.807) is 11.3 Å². The number of rotatable bonds is 6. The summed E-state index contributed by atoms with van der Waals surface area (Å²) in [5, 5.41) is 3.29. The molecule has 0 unspecified atom stereocenters. The predicted octanol–water partition coefficient (Wildman–Crippen LogP) is 3.76. The van der Waals surface area contributed by atoms with Gasteiger partial charge in [-0.15, -0.1) is 11.3 Å². The van der Waals surface area contributed by atoms with E-state index in [0.29, 0.717) is 0 Å². The van der Waals surface area contributed by atoms with Crippen molar-refractivity contribution in [2.45, 2.75) is 52.6 Å². The molecule has 15 heavy (non-hydrogen) atoms. The molecule has 0 N–H and O–H groups in total. The van der Waals surface area contributed by atoms with Crippen LogP contribution in [0.15, 0.2) is 5.38 Å². The van der Waals surface area contributed by atoms with E-state index < -0.39 is 0 Å². The Kier molecular flexibility index (Phi) is 4.74. The van der Waals surface area contributed by atoms with Gasteiger partial charge in [-0.1, -0.05) is 20.8 Å². The van der Waals surface area contributed by atoms with E-state index in [1.165, 1.54) is 5.69 Å². The number of ether oxygens (including phenoxy) is 1. The van der Waals surface area contributed by atoms with E-state index in [-0.39, 0.29) is 5.60 Å². The first-order valence-corrected chi connectivity index (χ1v) is 6.69. The molecule has 0 aliphatic heterocycles. The van der Waals surface area contributed by atoms with E-state index in [0.717, 1.165) is 30.9 Å². The molecule has 0 amide bonds. The van der Waals surface area contributed by atoms with Gasteiger partial charge in [-0.05, 0) is 26.2 Å². The average molecular weight is 227 g/mol. The van der Waals surface area contributed by atoms with Crippen molar-refractivity contribution in [2.24, 2.45) is 0 Å². The second-order valence-electron chi connectivity index (χ2n) is 3.63. The van der Waals surface area contributed by atoms with Crippen LogP contribution in [-0.2, 0) is 16.8 Å². The summed E-state index contributed by atoms with van der Waals surface area (Å²) in [6.07, 6.45) is 2.99. The molecule has 1 aromatic heterocycles. The predicted molar refractivity (Wildman–Crippen MR) is 65.4 cm³/mol. The fourth-order valence-corrected chi connectivity index (χ4v) is 2.97. The smallest absolute Gasteiger partial charge is 0.125 e. The first kappa shape index (κ1) is 12.7. The second kappa shape index (κ2) is 5.61. The topological polar surface area (TPSA) is 22.1 Å². The van der Waals surface area contributed by atoms with Crippen molar-refractivity contribution in [3.8, 4) is 0 Å². The zero-order chi connectivity index (χ0) is 11.3. The van der Waals surface area contributed by atoms with Crippen molar-refractivity contribution in [2.75, 3.05) is 6.61 Å². The van der Waals surface area contributed by atoms with Crippen LogP contribution in [0.3, 0.4) is 0 Å². The Labute approximate surface area is 96.7 Å². The van der Waals surface area contributed by atoms with Gasteiger partial charge in [-0.25, -0.2) is 4.98 Å². The molecule has 0 aromatic carbocycles. The van der Waals surface area contributed by atoms with E-state index in [4.69, 9.17) is 4.74 Å². The number of thiazole rings is 1. The van der Waals surface area contributed by atoms with Gasteiger partial charge in [0.25, 0.3) is 0 Å². The van der Waals surface area contributed by atoms with E-state index in [1.807, 2.05) is 0 Å². The minimum absolute atomic E-state index is 0.146. The van der Waals surface area contributed by atoms with Gasteiger partial charge < -0.3 is 4.74 Å². The maximum absolute atomic E-state index is 5.92. The standard InChI is InChI=1S/C12H21NOS/c1-5-10-9-15-11(13-10)12(6-2,7-3)14-8-4/h9H,5-8H2,1-4H3. The number of aromatic nitrogens is 1. The third-order valence-electron chi connectivity index (χ3n) is 2.87. The highest BCUT2D eigenvalue weighted by Crippen LogP contribution is 2.35. The minimum Gasteiger partial charge on any atom is -0.368 e. The fourth-order valence-electron chi connectivity index (χ4n) is 1.77. The van der Waals surface area contributed by atoms with Gasteiger partial charge in [0.15, 0.2) is 0 Å². The molecule has 0 bridgehead atoms. The largest absolute Gasteiger partial charge is 0.368 e. The minimum atomic E-state index is -0.146. The Bertz CT molecular complexity index is 292. The molecule has 2 nitrogen and oxygen atoms in total. The Balaban J connectivity index is 2.96. The van der Waals surface area contributed by atoms with Crippen molar-refractivity contribution < 1.29 is 4.74 Å². The lowest BCUT2D eigenvalue weighted by atomic mass is 9.98. The quantitative estimate of drug-likeness (QED) is 0.738. The SMILES string of the molecule is CCOC(CC)(CC)c1nc(CC)cs1. The molecule has 0 saturated carbocycles. The molecule has 0 atom stereocenters. The van der Waals surface area contributed by atoms with Crippen molar-refractivity contribution in [3.63, 3.8) is 0 Å². The summed E-state index contributed by atoms with van der Waals surface area (Å²) >= 11 is 1.73. The summed E-state index contributed by atoms with van der Waals surface area (Å²) in [6.45, 7) is 9.29. The van der Waals surface area contributed by atoms with Gasteiger partial charge >= 0.3 is 0 Å². The van der Waals surface area contributed by atoms with Crippen LogP contribution in [0.25, 0.3) is 0 Å². The molecule has 0 aliphatic carbocycles. The summed E-state index contributed by atoms with van der Waals surface area (Å²) in [6, 6.07) is 0. The number of aryl methyl sites for hydroxylation is 1. The molecule has 0 fully saturated rings. The van der Waals surface area contributed by atoms with Gasteiger partial charge in [-0.2, -0.15) is 0 Å². The van der Waals surface area contributed by atoms with Gasteiger partial charge in [0.2, 0.25) is 0 Å². The zero-order valence-electron chi connectivity index (χ0n) is 10.2. The highest BCUT2D eigenvalue weighted by atomic mass is 32.1. The summed E-state index contributed by atoms with van der Waals surface area (Å²) in [5.41, 5.74) is 1.04. The van der Waals surface area contributed by atoms with Crippen LogP contribution < -0.4 is 0 Å². The number of hydrogen-bond acceptors (Lipinski definition) is 3. The molecule has 3 heteroatoms. The normalized spacial score (nSPS) is 12.0. The molecule has 0 aliphatic rings. The van der Waals surface area contributed by atoms with Crippen molar-refractivity contribution in [1.29, 1.82) is 0 Å². The Morgan fingerprint density at radius 2 is 1.93 bits per heavy atom. The van der Waals surface area contributed by atoms with Gasteiger partial charge in [0.05, 0.1) is 5.69 Å². The lowest BCUT2D eigenvalue weighted by Crippen LogP contribution is -2.28. The van der Waals surface area contributed by atoms with E-state index in [2.05, 4.69) is 38.1 Å². The van der Waals surface area contributed by atoms with Gasteiger partial charge in [-0.3, -0.25) is 0 Å². The molecule has 1 rings (SSSR count). The lowest BCUT2D eigenvalue weighted by molar-refractivity contribution is -0.0507. The highest BCUT2D eigenvalue weighted by Gasteiger charge is 2.31. The monoisotopic (exact) mass is 227 g/mol. The number of hydrogen-bond donors (Lipinski definition) is 0. The first-order chi connectivity index (χ1) is 7.22. The third kappa shape index (κ3) is 2.58. The van der Waals surface area contributed by atoms with E-state index in [9.17, 15) is 0 Å². The van der Waals surface area contributed by atoms with Gasteiger partial charge in [0, 0.05) is 12.0 Å². The second-order valence-corrected chi connectivity index (χ2v) is 4.49. The molecular weight excluding hydrogens is 206 g/mol. The van der Waals surface area contributed by atoms with Crippen molar-refractivity contribution >= 4 is 11.3 Å². The Morgan fingerprint density at radius 1 is 1.27 bits per heavy atom. The molecule has 86 valence electrons. The van der Waals surface area contributed by atoms with Crippen molar-refractivity contribution in [1.82, 2.24) is 4.98 Å². The maximum Gasteiger partial charge on any atom is 0.125 e. The van der Waals surface area contributed by atoms with Crippen LogP contribution in [0, 0.1) is 0 Å². The Morgan fingerprint density at radius 3 is 2.33 bits per heavy atom. The Hall–Kier alpha value is -0.410. The van der Waals surface area contributed by atoms with Crippen molar-refractivity contribution in [3.05, 3.63) is 16.1 Å². The van der Waals surface area contributed by atoms with Crippen LogP contribution in [0.5, 0.6) is 0 Å². The third-order valence-corrected chi connectivity index (χ3v) is 3.94. The van der Waals surface area contributed by atoms with E-state index >= 15 is 0 Å². The number of nitrogens with zero attached hydrogens (tertiary/aromatic N) is 1. The first-order valence-electron chi connectivity index (χ1n) is 5.81. The molecule has 0 saturated heterocycles. The molecule has 1 heterocycles. The highest BCUT2D eigenvalue weighted by molar-refractivity contribution is 7.09. The van der Waals surface area contributed by atoms with Crippen LogP contribution in [-0.4, -0.2) is 11.6 Å². The maximum atomic E-state index is 5.92. The van der Waals surface area contributed by atoms with Gasteiger partial charge in [0.1, 0.15) is 10.6 Å². The molecule has 1 aromatic rings. The average Bonchev–Trinajstić information content (AvgIpc) is 2.75. The van der Waals surface area contributed by atoms with Crippen LogP contribution >= 0.6 is 11.3 Å². The lowest BCUT2D eigenvalue weighted by Gasteiger charge is -2.29. The van der Waals surface area contributed by atoms with Crippen LogP contribution in [0.1, 0.15) is 51.2 Å². The summed E-state index contributed by atoms with van der Waals surface area (Å²) < 4.78 is 5.92. The summed E-state index contributed by atoms with van der Waals surface area (Å²) in [4.78, 5) is 4.66. The summed E-state index contributed by atoms with van der Waals surface area (Å²) in [5.74, 6) is 0. The molecule has 0 spiro atoms. The van der Waals surface area contributed by atoms with Crippen LogP contribution in [0.2, 0.25) is 0 Å². The summed E-state index contributed by atoms with van der Waals surface area (Å²) in [7, 11) is 0. The fraction of sp³-hybridized carbons (Fsp3) is 0.750. The molecular formula is C12H21NOS. The van der Waals surface area contributed by atoms with Crippen LogP contribution in [0.4, 0.5) is 0 Å². The molecule has 0 radical (unpaired) electrons.